The fourth-order valence-corrected chi connectivity index (χ4v) is 3.11. The molecule has 0 N–H and O–H groups in total. The molecule has 0 aliphatic carbocycles. The molecular formula is C19H37N3. The lowest BCUT2D eigenvalue weighted by atomic mass is 9.91. The first kappa shape index (κ1) is 19.2. The maximum Gasteiger partial charge on any atom is 0.137 e. The molecule has 3 heteroatoms. The lowest BCUT2D eigenvalue weighted by Crippen LogP contribution is -2.29. The molecule has 0 aliphatic heterocycles. The lowest BCUT2D eigenvalue weighted by molar-refractivity contribution is 0.244. The van der Waals surface area contributed by atoms with Gasteiger partial charge in [0.1, 0.15) is 12.7 Å². The summed E-state index contributed by atoms with van der Waals surface area (Å²) >= 11 is 0. The van der Waals surface area contributed by atoms with Crippen molar-refractivity contribution in [2.45, 2.75) is 110 Å². The third-order valence-electron chi connectivity index (χ3n) is 5.05. The van der Waals surface area contributed by atoms with Crippen molar-refractivity contribution in [2.24, 2.45) is 0 Å². The van der Waals surface area contributed by atoms with Crippen LogP contribution in [0.2, 0.25) is 0 Å². The van der Waals surface area contributed by atoms with E-state index in [9.17, 15) is 0 Å². The van der Waals surface area contributed by atoms with Gasteiger partial charge in [0.25, 0.3) is 0 Å². The Balaban J connectivity index is 1.99. The first-order valence-corrected chi connectivity index (χ1v) is 9.58. The van der Waals surface area contributed by atoms with Gasteiger partial charge in [-0.1, -0.05) is 84.5 Å². The quantitative estimate of drug-likeness (QED) is 0.388. The predicted octanol–water partition coefficient (Wildman–Crippen LogP) is 6.10. The molecule has 0 aliphatic rings. The molecule has 1 atom stereocenters. The summed E-state index contributed by atoms with van der Waals surface area (Å²) in [4.78, 5) is 4.09. The lowest BCUT2D eigenvalue weighted by Gasteiger charge is -2.28. The normalized spacial score (nSPS) is 14.1. The van der Waals surface area contributed by atoms with Crippen molar-refractivity contribution in [3.63, 3.8) is 0 Å². The summed E-state index contributed by atoms with van der Waals surface area (Å²) < 4.78 is 2.04. The zero-order chi connectivity index (χ0) is 16.1. The van der Waals surface area contributed by atoms with Crippen LogP contribution in [0.3, 0.4) is 0 Å². The molecule has 22 heavy (non-hydrogen) atoms. The van der Waals surface area contributed by atoms with Gasteiger partial charge in [0.05, 0.1) is 5.54 Å². The minimum absolute atomic E-state index is 0.149. The molecule has 0 bridgehead atoms. The summed E-state index contributed by atoms with van der Waals surface area (Å²) in [5.74, 6) is 0. The van der Waals surface area contributed by atoms with Gasteiger partial charge in [-0.3, -0.25) is 0 Å². The molecule has 1 aromatic heterocycles. The summed E-state index contributed by atoms with van der Waals surface area (Å²) in [6.45, 7) is 6.84. The van der Waals surface area contributed by atoms with Crippen LogP contribution < -0.4 is 0 Å². The van der Waals surface area contributed by atoms with Crippen molar-refractivity contribution in [3.8, 4) is 0 Å². The van der Waals surface area contributed by atoms with Crippen LogP contribution >= 0.6 is 0 Å². The van der Waals surface area contributed by atoms with Crippen LogP contribution in [0.25, 0.3) is 0 Å². The van der Waals surface area contributed by atoms with Crippen LogP contribution in [0.5, 0.6) is 0 Å². The number of aromatic nitrogens is 3. The molecule has 0 aromatic carbocycles. The number of rotatable bonds is 14. The minimum atomic E-state index is 0.149. The Hall–Kier alpha value is -0.860. The predicted molar refractivity (Wildman–Crippen MR) is 95.0 cm³/mol. The van der Waals surface area contributed by atoms with Gasteiger partial charge in [-0.15, -0.1) is 0 Å². The molecule has 0 fully saturated rings. The highest BCUT2D eigenvalue weighted by molar-refractivity contribution is 4.80. The summed E-state index contributed by atoms with van der Waals surface area (Å²) in [6, 6.07) is 0. The maximum absolute atomic E-state index is 4.33. The van der Waals surface area contributed by atoms with Crippen molar-refractivity contribution >= 4 is 0 Å². The molecule has 1 unspecified atom stereocenters. The Kier molecular flexibility index (Phi) is 10.2. The van der Waals surface area contributed by atoms with Gasteiger partial charge in [-0.05, 0) is 19.8 Å². The average Bonchev–Trinajstić information content (AvgIpc) is 3.07. The fraction of sp³-hybridized carbons (Fsp3) is 0.895. The number of hydrogen-bond donors (Lipinski definition) is 0. The van der Waals surface area contributed by atoms with Gasteiger partial charge < -0.3 is 0 Å². The monoisotopic (exact) mass is 307 g/mol. The molecule has 0 amide bonds. The molecular weight excluding hydrogens is 270 g/mol. The number of hydrogen-bond acceptors (Lipinski definition) is 2. The molecule has 0 saturated carbocycles. The summed E-state index contributed by atoms with van der Waals surface area (Å²) in [5, 5.41) is 4.33. The highest BCUT2D eigenvalue weighted by atomic mass is 15.3. The second-order valence-corrected chi connectivity index (χ2v) is 6.98. The second kappa shape index (κ2) is 11.7. The molecule has 1 aromatic rings. The standard InChI is InChI=1S/C19H37N3/c1-4-6-7-8-9-10-11-12-13-14-15-16-19(3,5-2)22-18-20-17-21-22/h17-18H,4-16H2,1-3H3. The van der Waals surface area contributed by atoms with Gasteiger partial charge in [-0.25, -0.2) is 9.67 Å². The zero-order valence-corrected chi connectivity index (χ0v) is 15.2. The Bertz CT molecular complexity index is 348. The van der Waals surface area contributed by atoms with Crippen molar-refractivity contribution in [3.05, 3.63) is 12.7 Å². The van der Waals surface area contributed by atoms with Crippen molar-refractivity contribution in [1.82, 2.24) is 14.8 Å². The van der Waals surface area contributed by atoms with E-state index < -0.39 is 0 Å². The molecule has 1 rings (SSSR count). The van der Waals surface area contributed by atoms with Crippen molar-refractivity contribution in [1.29, 1.82) is 0 Å². The highest BCUT2D eigenvalue weighted by Gasteiger charge is 2.24. The molecule has 1 heterocycles. The second-order valence-electron chi connectivity index (χ2n) is 6.98. The molecule has 3 nitrogen and oxygen atoms in total. The molecule has 0 spiro atoms. The third-order valence-corrected chi connectivity index (χ3v) is 5.05. The Morgan fingerprint density at radius 2 is 1.36 bits per heavy atom. The van der Waals surface area contributed by atoms with E-state index in [1.807, 2.05) is 11.0 Å². The topological polar surface area (TPSA) is 30.7 Å². The van der Waals surface area contributed by atoms with Gasteiger partial charge in [0, 0.05) is 0 Å². The first-order valence-electron chi connectivity index (χ1n) is 9.58. The van der Waals surface area contributed by atoms with E-state index in [0.29, 0.717) is 0 Å². The van der Waals surface area contributed by atoms with E-state index in [1.165, 1.54) is 77.0 Å². The average molecular weight is 308 g/mol. The van der Waals surface area contributed by atoms with Crippen molar-refractivity contribution in [2.75, 3.05) is 0 Å². The van der Waals surface area contributed by atoms with Gasteiger partial charge in [0.15, 0.2) is 0 Å². The van der Waals surface area contributed by atoms with Crippen LogP contribution in [-0.2, 0) is 5.54 Å². The van der Waals surface area contributed by atoms with Crippen LogP contribution in [0, 0.1) is 0 Å². The minimum Gasteiger partial charge on any atom is -0.247 e. The van der Waals surface area contributed by atoms with Gasteiger partial charge in [-0.2, -0.15) is 5.10 Å². The SMILES string of the molecule is CCCCCCCCCCCCCC(C)(CC)n1cncn1. The number of unbranched alkanes of at least 4 members (excludes halogenated alkanes) is 10. The molecule has 128 valence electrons. The smallest absolute Gasteiger partial charge is 0.137 e. The summed E-state index contributed by atoms with van der Waals surface area (Å²) in [7, 11) is 0. The first-order chi connectivity index (χ1) is 10.7. The van der Waals surface area contributed by atoms with E-state index in [-0.39, 0.29) is 5.54 Å². The molecule has 0 saturated heterocycles. The van der Waals surface area contributed by atoms with Crippen LogP contribution in [0.4, 0.5) is 0 Å². The zero-order valence-electron chi connectivity index (χ0n) is 15.2. The van der Waals surface area contributed by atoms with Crippen LogP contribution in [0.15, 0.2) is 12.7 Å². The van der Waals surface area contributed by atoms with Crippen LogP contribution in [-0.4, -0.2) is 14.8 Å². The molecule has 0 radical (unpaired) electrons. The van der Waals surface area contributed by atoms with Crippen LogP contribution in [0.1, 0.15) is 104 Å². The largest absolute Gasteiger partial charge is 0.247 e. The van der Waals surface area contributed by atoms with E-state index >= 15 is 0 Å². The Morgan fingerprint density at radius 1 is 0.818 bits per heavy atom. The van der Waals surface area contributed by atoms with Gasteiger partial charge in [0.2, 0.25) is 0 Å². The van der Waals surface area contributed by atoms with E-state index in [1.54, 1.807) is 6.33 Å². The van der Waals surface area contributed by atoms with Crippen molar-refractivity contribution < 1.29 is 0 Å². The highest BCUT2D eigenvalue weighted by Crippen LogP contribution is 2.26. The van der Waals surface area contributed by atoms with E-state index in [4.69, 9.17) is 0 Å². The van der Waals surface area contributed by atoms with E-state index in [2.05, 4.69) is 30.9 Å². The van der Waals surface area contributed by atoms with Gasteiger partial charge >= 0.3 is 0 Å². The van der Waals surface area contributed by atoms with E-state index in [0.717, 1.165) is 6.42 Å². The third kappa shape index (κ3) is 7.42. The number of nitrogens with zero attached hydrogens (tertiary/aromatic N) is 3. The summed E-state index contributed by atoms with van der Waals surface area (Å²) in [6.07, 6.45) is 21.3. The summed E-state index contributed by atoms with van der Waals surface area (Å²) in [5.41, 5.74) is 0.149. The Labute approximate surface area is 137 Å². The fourth-order valence-electron chi connectivity index (χ4n) is 3.11. The maximum atomic E-state index is 4.33. The Morgan fingerprint density at radius 3 is 1.82 bits per heavy atom.